The third-order valence-corrected chi connectivity index (χ3v) is 3.45. The van der Waals surface area contributed by atoms with Gasteiger partial charge in [0.15, 0.2) is 0 Å². The summed E-state index contributed by atoms with van der Waals surface area (Å²) in [5, 5.41) is 8.91. The molecule has 0 radical (unpaired) electrons. The van der Waals surface area contributed by atoms with Crippen molar-refractivity contribution in [2.24, 2.45) is 0 Å². The predicted octanol–water partition coefficient (Wildman–Crippen LogP) is 0.945. The Kier molecular flexibility index (Phi) is 2.79. The molecule has 2 aliphatic heterocycles. The van der Waals surface area contributed by atoms with E-state index in [2.05, 4.69) is 0 Å². The molecule has 0 saturated carbocycles. The van der Waals surface area contributed by atoms with Gasteiger partial charge in [0.1, 0.15) is 18.0 Å². The number of ether oxygens (including phenoxy) is 1. The van der Waals surface area contributed by atoms with Crippen LogP contribution < -0.4 is 4.90 Å². The van der Waals surface area contributed by atoms with Gasteiger partial charge in [-0.1, -0.05) is 0 Å². The number of aromatic carboxylic acids is 1. The first kappa shape index (κ1) is 12.7. The number of carboxylic acid groups (broad SMARTS) is 1. The van der Waals surface area contributed by atoms with Crippen LogP contribution in [0.5, 0.6) is 0 Å². The van der Waals surface area contributed by atoms with Gasteiger partial charge in [-0.25, -0.2) is 14.1 Å². The van der Waals surface area contributed by atoms with Crippen LogP contribution in [0.3, 0.4) is 0 Å². The van der Waals surface area contributed by atoms with Crippen molar-refractivity contribution in [1.82, 2.24) is 0 Å². The zero-order chi connectivity index (χ0) is 14.4. The summed E-state index contributed by atoms with van der Waals surface area (Å²) in [6.07, 6.45) is -0.700. The van der Waals surface area contributed by atoms with Crippen LogP contribution in [0.15, 0.2) is 18.2 Å². The first-order valence-electron chi connectivity index (χ1n) is 6.05. The van der Waals surface area contributed by atoms with E-state index in [-0.39, 0.29) is 11.3 Å². The molecule has 2 aliphatic rings. The Morgan fingerprint density at radius 1 is 1.25 bits per heavy atom. The van der Waals surface area contributed by atoms with Crippen LogP contribution in [0, 0.1) is 5.82 Å². The molecule has 0 spiro atoms. The number of morpholine rings is 1. The van der Waals surface area contributed by atoms with Crippen molar-refractivity contribution < 1.29 is 28.6 Å². The van der Waals surface area contributed by atoms with Crippen molar-refractivity contribution in [3.63, 3.8) is 0 Å². The van der Waals surface area contributed by atoms with Crippen LogP contribution in [0.4, 0.5) is 10.1 Å². The van der Waals surface area contributed by atoms with Gasteiger partial charge in [0.05, 0.1) is 11.3 Å². The Morgan fingerprint density at radius 3 is 2.40 bits per heavy atom. The van der Waals surface area contributed by atoms with Gasteiger partial charge in [0, 0.05) is 0 Å². The molecule has 2 fully saturated rings. The summed E-state index contributed by atoms with van der Waals surface area (Å²) in [6, 6.07) is 2.99. The minimum atomic E-state index is -1.26. The lowest BCUT2D eigenvalue weighted by atomic mass is 10.1. The smallest absolute Gasteiger partial charge is 0.335 e. The number of hydrogen-bond acceptors (Lipinski definition) is 4. The molecule has 1 aromatic rings. The maximum atomic E-state index is 13.9. The molecule has 2 atom stereocenters. The Morgan fingerprint density at radius 2 is 1.85 bits per heavy atom. The molecule has 2 saturated heterocycles. The highest BCUT2D eigenvalue weighted by Crippen LogP contribution is 2.33. The summed E-state index contributed by atoms with van der Waals surface area (Å²) in [4.78, 5) is 35.8. The minimum Gasteiger partial charge on any atom is -0.478 e. The quantitative estimate of drug-likeness (QED) is 0.815. The average Bonchev–Trinajstić information content (AvgIpc) is 2.85. The summed E-state index contributed by atoms with van der Waals surface area (Å²) >= 11 is 0. The molecule has 2 amide bonds. The van der Waals surface area contributed by atoms with Gasteiger partial charge in [-0.15, -0.1) is 0 Å². The summed E-state index contributed by atoms with van der Waals surface area (Å²) in [6.45, 7) is 0. The largest absolute Gasteiger partial charge is 0.478 e. The van der Waals surface area contributed by atoms with Crippen molar-refractivity contribution in [3.8, 4) is 0 Å². The number of hydrogen-bond donors (Lipinski definition) is 1. The van der Waals surface area contributed by atoms with Gasteiger partial charge in [-0.3, -0.25) is 9.59 Å². The Hall–Kier alpha value is -2.28. The van der Waals surface area contributed by atoms with Gasteiger partial charge < -0.3 is 9.84 Å². The topological polar surface area (TPSA) is 83.9 Å². The highest BCUT2D eigenvalue weighted by Gasteiger charge is 2.47. The molecular formula is C13H10FNO5. The normalized spacial score (nSPS) is 25.1. The summed E-state index contributed by atoms with van der Waals surface area (Å²) in [7, 11) is 0. The number of carbonyl (C=O) groups excluding carboxylic acids is 2. The number of nitrogens with zero attached hydrogens (tertiary/aromatic N) is 1. The second-order valence-electron chi connectivity index (χ2n) is 4.67. The molecule has 2 heterocycles. The zero-order valence-corrected chi connectivity index (χ0v) is 10.2. The molecule has 1 N–H and O–H groups in total. The third kappa shape index (κ3) is 1.78. The predicted molar refractivity (Wildman–Crippen MR) is 63.7 cm³/mol. The number of carbonyl (C=O) groups is 3. The lowest BCUT2D eigenvalue weighted by molar-refractivity contribution is -0.146. The molecule has 7 heteroatoms. The van der Waals surface area contributed by atoms with Crippen LogP contribution in [0.25, 0.3) is 0 Å². The van der Waals surface area contributed by atoms with Crippen molar-refractivity contribution in [2.45, 2.75) is 25.0 Å². The Balaban J connectivity index is 2.07. The number of halogens is 1. The molecule has 0 aromatic heterocycles. The molecule has 6 nitrogen and oxygen atoms in total. The van der Waals surface area contributed by atoms with Crippen molar-refractivity contribution >= 4 is 23.5 Å². The number of benzene rings is 1. The zero-order valence-electron chi connectivity index (χ0n) is 10.2. The maximum Gasteiger partial charge on any atom is 0.335 e. The summed E-state index contributed by atoms with van der Waals surface area (Å²) in [5.41, 5.74) is -0.527. The van der Waals surface area contributed by atoms with E-state index >= 15 is 0 Å². The lowest BCUT2D eigenvalue weighted by Gasteiger charge is -2.30. The van der Waals surface area contributed by atoms with E-state index in [9.17, 15) is 18.8 Å². The Bertz CT molecular complexity index is 607. The molecule has 1 aromatic carbocycles. The van der Waals surface area contributed by atoms with Gasteiger partial charge in [-0.2, -0.15) is 0 Å². The molecule has 2 bridgehead atoms. The van der Waals surface area contributed by atoms with Gasteiger partial charge in [-0.05, 0) is 31.0 Å². The van der Waals surface area contributed by atoms with Crippen molar-refractivity contribution in [2.75, 3.05) is 4.90 Å². The molecule has 20 heavy (non-hydrogen) atoms. The lowest BCUT2D eigenvalue weighted by Crippen LogP contribution is -2.52. The van der Waals surface area contributed by atoms with Gasteiger partial charge in [0.25, 0.3) is 11.8 Å². The van der Waals surface area contributed by atoms with Crippen LogP contribution in [0.1, 0.15) is 23.2 Å². The second-order valence-corrected chi connectivity index (χ2v) is 4.67. The van der Waals surface area contributed by atoms with E-state index in [0.717, 1.165) is 18.2 Å². The van der Waals surface area contributed by atoms with E-state index in [1.54, 1.807) is 0 Å². The molecular weight excluding hydrogens is 269 g/mol. The van der Waals surface area contributed by atoms with Gasteiger partial charge >= 0.3 is 5.97 Å². The van der Waals surface area contributed by atoms with E-state index in [4.69, 9.17) is 9.84 Å². The third-order valence-electron chi connectivity index (χ3n) is 3.45. The number of fused-ring (bicyclic) bond motifs is 2. The number of rotatable bonds is 2. The first-order chi connectivity index (χ1) is 9.49. The van der Waals surface area contributed by atoms with E-state index in [0.29, 0.717) is 17.7 Å². The van der Waals surface area contributed by atoms with Gasteiger partial charge in [0.2, 0.25) is 0 Å². The fourth-order valence-corrected chi connectivity index (χ4v) is 2.45. The highest BCUT2D eigenvalue weighted by molar-refractivity contribution is 6.20. The second kappa shape index (κ2) is 4.38. The SMILES string of the molecule is O=C(O)c1ccc(F)c(N2C(=O)C3CCC(O3)C2=O)c1. The number of carboxylic acids is 1. The fraction of sp³-hybridized carbons (Fsp3) is 0.308. The van der Waals surface area contributed by atoms with Crippen LogP contribution >= 0.6 is 0 Å². The van der Waals surface area contributed by atoms with E-state index in [1.807, 2.05) is 0 Å². The summed E-state index contributed by atoms with van der Waals surface area (Å²) < 4.78 is 19.1. The van der Waals surface area contributed by atoms with Crippen LogP contribution in [0.2, 0.25) is 0 Å². The Labute approximate surface area is 112 Å². The molecule has 0 aliphatic carbocycles. The molecule has 104 valence electrons. The van der Waals surface area contributed by atoms with E-state index < -0.39 is 35.8 Å². The number of amides is 2. The number of imide groups is 1. The maximum absolute atomic E-state index is 13.9. The minimum absolute atomic E-state index is 0.194. The van der Waals surface area contributed by atoms with E-state index in [1.165, 1.54) is 0 Å². The van der Waals surface area contributed by atoms with Crippen molar-refractivity contribution in [1.29, 1.82) is 0 Å². The van der Waals surface area contributed by atoms with Crippen LogP contribution in [-0.4, -0.2) is 35.1 Å². The fourth-order valence-electron chi connectivity index (χ4n) is 2.45. The van der Waals surface area contributed by atoms with Crippen molar-refractivity contribution in [3.05, 3.63) is 29.6 Å². The molecule has 3 rings (SSSR count). The molecule has 2 unspecified atom stereocenters. The highest BCUT2D eigenvalue weighted by atomic mass is 19.1. The summed E-state index contributed by atoms with van der Waals surface area (Å²) in [5.74, 6) is -3.38. The monoisotopic (exact) mass is 279 g/mol. The first-order valence-corrected chi connectivity index (χ1v) is 6.05. The number of anilines is 1. The van der Waals surface area contributed by atoms with Crippen LogP contribution in [-0.2, 0) is 14.3 Å². The standard InChI is InChI=1S/C13H10FNO5/c14-7-2-1-6(13(18)19)5-8(7)15-11(16)9-3-4-10(20-9)12(15)17/h1-2,5,9-10H,3-4H2,(H,18,19). The average molecular weight is 279 g/mol.